The molecule has 1 N–H and O–H groups in total. The van der Waals surface area contributed by atoms with Crippen molar-refractivity contribution in [3.8, 4) is 0 Å². The second-order valence-corrected chi connectivity index (χ2v) is 5.52. The summed E-state index contributed by atoms with van der Waals surface area (Å²) >= 11 is 1.69. The molecule has 3 rings (SSSR count). The predicted molar refractivity (Wildman–Crippen MR) is 78.1 cm³/mol. The average molecular weight is 272 g/mol. The summed E-state index contributed by atoms with van der Waals surface area (Å²) in [6.07, 6.45) is 0. The minimum Gasteiger partial charge on any atom is -0.305 e. The standard InChI is InChI=1S/C14H16N4S/c1-10-9-19-14(16-10)8-15-7-12-11-5-3-4-6-13(11)18(2)17-12/h3-6,9,15H,7-8H2,1-2H3. The Kier molecular flexibility index (Phi) is 3.31. The van der Waals surface area contributed by atoms with Crippen LogP contribution in [0.25, 0.3) is 10.9 Å². The van der Waals surface area contributed by atoms with Crippen LogP contribution in [0.4, 0.5) is 0 Å². The molecule has 0 bridgehead atoms. The van der Waals surface area contributed by atoms with Crippen LogP contribution in [0, 0.1) is 6.92 Å². The first kappa shape index (κ1) is 12.3. The third-order valence-electron chi connectivity index (χ3n) is 3.07. The van der Waals surface area contributed by atoms with Crippen molar-refractivity contribution in [1.82, 2.24) is 20.1 Å². The molecule has 2 aromatic heterocycles. The highest BCUT2D eigenvalue weighted by Gasteiger charge is 2.07. The summed E-state index contributed by atoms with van der Waals surface area (Å²) in [5, 5.41) is 12.4. The molecule has 0 saturated carbocycles. The maximum absolute atomic E-state index is 4.56. The molecule has 0 aliphatic carbocycles. The molecule has 4 nitrogen and oxygen atoms in total. The quantitative estimate of drug-likeness (QED) is 0.794. The maximum atomic E-state index is 4.56. The van der Waals surface area contributed by atoms with Gasteiger partial charge in [-0.3, -0.25) is 4.68 Å². The van der Waals surface area contributed by atoms with E-state index in [4.69, 9.17) is 0 Å². The molecule has 0 aliphatic rings. The van der Waals surface area contributed by atoms with Crippen LogP contribution in [0.1, 0.15) is 16.4 Å². The van der Waals surface area contributed by atoms with Gasteiger partial charge in [-0.1, -0.05) is 18.2 Å². The van der Waals surface area contributed by atoms with Crippen LogP contribution in [-0.4, -0.2) is 14.8 Å². The highest BCUT2D eigenvalue weighted by Crippen LogP contribution is 2.17. The molecule has 0 atom stereocenters. The van der Waals surface area contributed by atoms with Gasteiger partial charge in [-0.15, -0.1) is 11.3 Å². The van der Waals surface area contributed by atoms with Crippen molar-refractivity contribution < 1.29 is 0 Å². The van der Waals surface area contributed by atoms with E-state index in [1.165, 1.54) is 10.9 Å². The molecular formula is C14H16N4S. The van der Waals surface area contributed by atoms with E-state index in [-0.39, 0.29) is 0 Å². The van der Waals surface area contributed by atoms with E-state index < -0.39 is 0 Å². The van der Waals surface area contributed by atoms with Crippen LogP contribution in [-0.2, 0) is 20.1 Å². The third-order valence-corrected chi connectivity index (χ3v) is 4.04. The number of benzene rings is 1. The second-order valence-electron chi connectivity index (χ2n) is 4.57. The van der Waals surface area contributed by atoms with Crippen molar-refractivity contribution in [3.63, 3.8) is 0 Å². The van der Waals surface area contributed by atoms with E-state index in [2.05, 4.69) is 39.0 Å². The Bertz CT molecular complexity index is 698. The zero-order valence-corrected chi connectivity index (χ0v) is 11.9. The summed E-state index contributed by atoms with van der Waals surface area (Å²) in [4.78, 5) is 4.44. The fourth-order valence-electron chi connectivity index (χ4n) is 2.19. The fraction of sp³-hybridized carbons (Fsp3) is 0.286. The van der Waals surface area contributed by atoms with Gasteiger partial charge in [0, 0.05) is 36.6 Å². The van der Waals surface area contributed by atoms with Gasteiger partial charge in [-0.25, -0.2) is 4.98 Å². The summed E-state index contributed by atoms with van der Waals surface area (Å²) in [7, 11) is 1.98. The molecule has 0 saturated heterocycles. The molecule has 0 spiro atoms. The molecule has 0 amide bonds. The first-order valence-electron chi connectivity index (χ1n) is 6.26. The van der Waals surface area contributed by atoms with Gasteiger partial charge in [0.15, 0.2) is 0 Å². The number of hydrogen-bond donors (Lipinski definition) is 1. The van der Waals surface area contributed by atoms with Crippen LogP contribution >= 0.6 is 11.3 Å². The normalized spacial score (nSPS) is 11.3. The highest BCUT2D eigenvalue weighted by molar-refractivity contribution is 7.09. The molecule has 98 valence electrons. The molecule has 5 heteroatoms. The van der Waals surface area contributed by atoms with Crippen molar-refractivity contribution in [2.45, 2.75) is 20.0 Å². The van der Waals surface area contributed by atoms with Crippen LogP contribution in [0.5, 0.6) is 0 Å². The second kappa shape index (κ2) is 5.11. The maximum Gasteiger partial charge on any atom is 0.107 e. The van der Waals surface area contributed by atoms with E-state index in [1.807, 2.05) is 24.7 Å². The topological polar surface area (TPSA) is 42.7 Å². The third kappa shape index (κ3) is 2.52. The monoisotopic (exact) mass is 272 g/mol. The minimum atomic E-state index is 0.764. The lowest BCUT2D eigenvalue weighted by atomic mass is 10.2. The first-order valence-corrected chi connectivity index (χ1v) is 7.14. The van der Waals surface area contributed by atoms with Crippen LogP contribution in [0.2, 0.25) is 0 Å². The van der Waals surface area contributed by atoms with Crippen molar-refractivity contribution >= 4 is 22.2 Å². The van der Waals surface area contributed by atoms with Crippen molar-refractivity contribution in [2.24, 2.45) is 7.05 Å². The largest absolute Gasteiger partial charge is 0.305 e. The van der Waals surface area contributed by atoms with Gasteiger partial charge in [0.1, 0.15) is 5.01 Å². The van der Waals surface area contributed by atoms with Crippen molar-refractivity contribution in [1.29, 1.82) is 0 Å². The molecular weight excluding hydrogens is 256 g/mol. The number of aromatic nitrogens is 3. The Morgan fingerprint density at radius 1 is 1.26 bits per heavy atom. The molecule has 2 heterocycles. The zero-order valence-electron chi connectivity index (χ0n) is 11.1. The average Bonchev–Trinajstić information content (AvgIpc) is 2.96. The number of thiazole rings is 1. The lowest BCUT2D eigenvalue weighted by Crippen LogP contribution is -2.13. The summed E-state index contributed by atoms with van der Waals surface area (Å²) in [6, 6.07) is 8.31. The van der Waals surface area contributed by atoms with Gasteiger partial charge < -0.3 is 5.32 Å². The van der Waals surface area contributed by atoms with Gasteiger partial charge in [0.25, 0.3) is 0 Å². The number of para-hydroxylation sites is 1. The van der Waals surface area contributed by atoms with E-state index in [9.17, 15) is 0 Å². The number of hydrogen-bond acceptors (Lipinski definition) is 4. The van der Waals surface area contributed by atoms with Crippen molar-refractivity contribution in [2.75, 3.05) is 0 Å². The van der Waals surface area contributed by atoms with Crippen LogP contribution < -0.4 is 5.32 Å². The number of fused-ring (bicyclic) bond motifs is 1. The van der Waals surface area contributed by atoms with Gasteiger partial charge >= 0.3 is 0 Å². The minimum absolute atomic E-state index is 0.764. The number of rotatable bonds is 4. The predicted octanol–water partition coefficient (Wildman–Crippen LogP) is 2.63. The lowest BCUT2D eigenvalue weighted by Gasteiger charge is -2.00. The number of nitrogens with zero attached hydrogens (tertiary/aromatic N) is 3. The molecule has 0 aliphatic heterocycles. The Hall–Kier alpha value is -1.72. The summed E-state index contributed by atoms with van der Waals surface area (Å²) in [5.74, 6) is 0. The van der Waals surface area contributed by atoms with Gasteiger partial charge in [0.2, 0.25) is 0 Å². The van der Waals surface area contributed by atoms with E-state index >= 15 is 0 Å². The Morgan fingerprint density at radius 3 is 2.89 bits per heavy atom. The smallest absolute Gasteiger partial charge is 0.107 e. The van der Waals surface area contributed by atoms with E-state index in [0.717, 1.165) is 29.5 Å². The lowest BCUT2D eigenvalue weighted by molar-refractivity contribution is 0.659. The molecule has 0 radical (unpaired) electrons. The first-order chi connectivity index (χ1) is 9.24. The SMILES string of the molecule is Cc1csc(CNCc2nn(C)c3ccccc23)n1. The number of nitrogens with one attached hydrogen (secondary N) is 1. The van der Waals surface area contributed by atoms with Gasteiger partial charge in [-0.2, -0.15) is 5.10 Å². The highest BCUT2D eigenvalue weighted by atomic mass is 32.1. The number of aryl methyl sites for hydroxylation is 2. The molecule has 0 unspecified atom stereocenters. The fourth-order valence-corrected chi connectivity index (χ4v) is 2.93. The van der Waals surface area contributed by atoms with Gasteiger partial charge in [-0.05, 0) is 13.0 Å². The Morgan fingerprint density at radius 2 is 2.11 bits per heavy atom. The van der Waals surface area contributed by atoms with Crippen LogP contribution in [0.15, 0.2) is 29.6 Å². The molecule has 1 aromatic carbocycles. The molecule has 0 fully saturated rings. The Balaban J connectivity index is 1.72. The zero-order chi connectivity index (χ0) is 13.2. The van der Waals surface area contributed by atoms with Crippen LogP contribution in [0.3, 0.4) is 0 Å². The Labute approximate surface area is 116 Å². The summed E-state index contributed by atoms with van der Waals surface area (Å²) in [6.45, 7) is 3.58. The summed E-state index contributed by atoms with van der Waals surface area (Å²) < 4.78 is 1.93. The van der Waals surface area contributed by atoms with E-state index in [1.54, 1.807) is 11.3 Å². The van der Waals surface area contributed by atoms with E-state index in [0.29, 0.717) is 0 Å². The summed E-state index contributed by atoms with van der Waals surface area (Å²) in [5.41, 5.74) is 3.35. The molecule has 3 aromatic rings. The van der Waals surface area contributed by atoms with Crippen molar-refractivity contribution in [3.05, 3.63) is 46.0 Å². The van der Waals surface area contributed by atoms with Gasteiger partial charge in [0.05, 0.1) is 11.2 Å². The molecule has 19 heavy (non-hydrogen) atoms.